The Kier molecular flexibility index (Phi) is 2.19. The number of nitrogens with one attached hydrogen (secondary N) is 2. The third-order valence-corrected chi connectivity index (χ3v) is 5.59. The van der Waals surface area contributed by atoms with E-state index in [1.165, 1.54) is 19.3 Å². The predicted molar refractivity (Wildman–Crippen MR) is 72.4 cm³/mol. The molecule has 4 fully saturated rings. The van der Waals surface area contributed by atoms with Gasteiger partial charge in [-0.25, -0.2) is 0 Å². The second kappa shape index (κ2) is 3.62. The number of hydrogen-bond donors (Lipinski definition) is 2. The van der Waals surface area contributed by atoms with E-state index in [-0.39, 0.29) is 11.3 Å². The number of aromatic nitrogens is 2. The summed E-state index contributed by atoms with van der Waals surface area (Å²) >= 11 is 0. The lowest BCUT2D eigenvalue weighted by Gasteiger charge is -2.60. The van der Waals surface area contributed by atoms with Crippen molar-refractivity contribution < 1.29 is 4.79 Å². The van der Waals surface area contributed by atoms with E-state index in [1.54, 1.807) is 12.4 Å². The SMILES string of the molecule is CC12CC3CC(C1)CC(C(=O)Nc1cn[nH]c1)(C3)C2. The molecular formula is C15H21N3O. The second-order valence-corrected chi connectivity index (χ2v) is 7.49. The van der Waals surface area contributed by atoms with E-state index in [9.17, 15) is 4.79 Å². The highest BCUT2D eigenvalue weighted by Crippen LogP contribution is 2.65. The maximum absolute atomic E-state index is 12.8. The summed E-state index contributed by atoms with van der Waals surface area (Å²) in [5, 5.41) is 9.71. The normalized spacial score (nSPS) is 43.4. The van der Waals surface area contributed by atoms with E-state index in [1.807, 2.05) is 0 Å². The van der Waals surface area contributed by atoms with Gasteiger partial charge in [-0.1, -0.05) is 6.92 Å². The van der Waals surface area contributed by atoms with E-state index in [2.05, 4.69) is 22.4 Å². The van der Waals surface area contributed by atoms with Crippen molar-refractivity contribution in [2.45, 2.75) is 45.4 Å². The molecule has 0 aliphatic heterocycles. The van der Waals surface area contributed by atoms with Gasteiger partial charge in [-0.05, 0) is 55.8 Å². The highest BCUT2D eigenvalue weighted by molar-refractivity contribution is 5.95. The van der Waals surface area contributed by atoms with Crippen molar-refractivity contribution in [3.8, 4) is 0 Å². The van der Waals surface area contributed by atoms with Gasteiger partial charge in [0.25, 0.3) is 0 Å². The van der Waals surface area contributed by atoms with Crippen LogP contribution in [0.3, 0.4) is 0 Å². The molecule has 5 rings (SSSR count). The van der Waals surface area contributed by atoms with Crippen LogP contribution in [0.4, 0.5) is 5.69 Å². The van der Waals surface area contributed by atoms with Gasteiger partial charge < -0.3 is 5.32 Å². The fourth-order valence-electron chi connectivity index (χ4n) is 5.57. The smallest absolute Gasteiger partial charge is 0.230 e. The molecule has 4 nitrogen and oxygen atoms in total. The van der Waals surface area contributed by atoms with Crippen LogP contribution in [-0.4, -0.2) is 16.1 Å². The molecule has 102 valence electrons. The van der Waals surface area contributed by atoms with E-state index in [4.69, 9.17) is 0 Å². The summed E-state index contributed by atoms with van der Waals surface area (Å²) in [4.78, 5) is 12.8. The molecule has 0 aromatic carbocycles. The zero-order valence-corrected chi connectivity index (χ0v) is 11.4. The third-order valence-electron chi connectivity index (χ3n) is 5.59. The number of rotatable bonds is 2. The minimum atomic E-state index is -0.101. The van der Waals surface area contributed by atoms with Crippen LogP contribution in [0.15, 0.2) is 12.4 Å². The Bertz CT molecular complexity index is 493. The highest BCUT2D eigenvalue weighted by Gasteiger charge is 2.58. The van der Waals surface area contributed by atoms with Gasteiger partial charge in [0.15, 0.2) is 0 Å². The van der Waals surface area contributed by atoms with Gasteiger partial charge in [0.1, 0.15) is 0 Å². The first-order chi connectivity index (χ1) is 9.07. The Morgan fingerprint density at radius 2 is 2.11 bits per heavy atom. The number of nitrogens with zero attached hydrogens (tertiary/aromatic N) is 1. The summed E-state index contributed by atoms with van der Waals surface area (Å²) in [6, 6.07) is 0. The molecule has 0 spiro atoms. The maximum Gasteiger partial charge on any atom is 0.230 e. The lowest BCUT2D eigenvalue weighted by molar-refractivity contribution is -0.149. The van der Waals surface area contributed by atoms with Gasteiger partial charge in [0.05, 0.1) is 17.3 Å². The molecule has 19 heavy (non-hydrogen) atoms. The summed E-state index contributed by atoms with van der Waals surface area (Å²) in [6.45, 7) is 2.39. The lowest BCUT2D eigenvalue weighted by Crippen LogP contribution is -2.55. The van der Waals surface area contributed by atoms with Crippen molar-refractivity contribution in [2.24, 2.45) is 22.7 Å². The molecule has 0 radical (unpaired) electrons. The Balaban J connectivity index is 1.61. The Labute approximate surface area is 113 Å². The van der Waals surface area contributed by atoms with Crippen LogP contribution in [0, 0.1) is 22.7 Å². The first kappa shape index (κ1) is 11.5. The summed E-state index contributed by atoms with van der Waals surface area (Å²) in [5.74, 6) is 1.79. The van der Waals surface area contributed by atoms with Gasteiger partial charge in [0, 0.05) is 6.20 Å². The molecule has 4 bridgehead atoms. The van der Waals surface area contributed by atoms with Crippen molar-refractivity contribution in [3.63, 3.8) is 0 Å². The molecule has 1 heterocycles. The summed E-state index contributed by atoms with van der Waals surface area (Å²) in [5.41, 5.74) is 1.11. The molecule has 1 amide bonds. The van der Waals surface area contributed by atoms with Gasteiger partial charge in [-0.2, -0.15) is 5.10 Å². The molecule has 2 N–H and O–H groups in total. The molecule has 1 aromatic heterocycles. The molecule has 2 atom stereocenters. The van der Waals surface area contributed by atoms with Crippen LogP contribution in [0.5, 0.6) is 0 Å². The summed E-state index contributed by atoms with van der Waals surface area (Å²) in [6.07, 6.45) is 10.7. The molecule has 1 aromatic rings. The fraction of sp³-hybridized carbons (Fsp3) is 0.733. The van der Waals surface area contributed by atoms with E-state index in [0.717, 1.165) is 36.8 Å². The average Bonchev–Trinajstić information content (AvgIpc) is 2.78. The van der Waals surface area contributed by atoms with Crippen LogP contribution in [0.2, 0.25) is 0 Å². The van der Waals surface area contributed by atoms with E-state index >= 15 is 0 Å². The number of hydrogen-bond acceptors (Lipinski definition) is 2. The van der Waals surface area contributed by atoms with Gasteiger partial charge in [0.2, 0.25) is 5.91 Å². The van der Waals surface area contributed by atoms with E-state index < -0.39 is 0 Å². The fourth-order valence-corrected chi connectivity index (χ4v) is 5.57. The molecule has 4 aliphatic carbocycles. The van der Waals surface area contributed by atoms with Crippen LogP contribution in [-0.2, 0) is 4.79 Å². The molecule has 4 aliphatic rings. The molecule has 0 saturated heterocycles. The molecule has 4 saturated carbocycles. The van der Waals surface area contributed by atoms with Crippen molar-refractivity contribution in [1.29, 1.82) is 0 Å². The molecular weight excluding hydrogens is 238 g/mol. The van der Waals surface area contributed by atoms with Crippen molar-refractivity contribution >= 4 is 11.6 Å². The van der Waals surface area contributed by atoms with Gasteiger partial charge in [-0.3, -0.25) is 9.89 Å². The van der Waals surface area contributed by atoms with Crippen LogP contribution < -0.4 is 5.32 Å². The first-order valence-electron chi connectivity index (χ1n) is 7.37. The number of H-pyrrole nitrogens is 1. The molecule has 4 heteroatoms. The monoisotopic (exact) mass is 259 g/mol. The maximum atomic E-state index is 12.8. The highest BCUT2D eigenvalue weighted by atomic mass is 16.2. The lowest BCUT2D eigenvalue weighted by atomic mass is 9.44. The van der Waals surface area contributed by atoms with Crippen molar-refractivity contribution in [3.05, 3.63) is 12.4 Å². The minimum absolute atomic E-state index is 0.101. The second-order valence-electron chi connectivity index (χ2n) is 7.49. The zero-order valence-electron chi connectivity index (χ0n) is 11.4. The number of amides is 1. The number of anilines is 1. The van der Waals surface area contributed by atoms with Gasteiger partial charge in [-0.15, -0.1) is 0 Å². The Hall–Kier alpha value is -1.32. The van der Waals surface area contributed by atoms with Crippen LogP contribution in [0.1, 0.15) is 45.4 Å². The van der Waals surface area contributed by atoms with Crippen LogP contribution >= 0.6 is 0 Å². The Morgan fingerprint density at radius 3 is 2.68 bits per heavy atom. The number of carbonyl (C=O) groups excluding carboxylic acids is 1. The standard InChI is InChI=1S/C15H21N3O/c1-14-3-10-2-11(4-14)6-15(5-10,9-14)13(19)18-12-7-16-17-8-12/h7-8,10-11H,2-6,9H2,1H3,(H,16,17)(H,18,19). The van der Waals surface area contributed by atoms with Crippen molar-refractivity contribution in [1.82, 2.24) is 10.2 Å². The van der Waals surface area contributed by atoms with Gasteiger partial charge >= 0.3 is 0 Å². The topological polar surface area (TPSA) is 57.8 Å². The predicted octanol–water partition coefficient (Wildman–Crippen LogP) is 2.95. The number of carbonyl (C=O) groups is 1. The summed E-state index contributed by atoms with van der Waals surface area (Å²) < 4.78 is 0. The first-order valence-corrected chi connectivity index (χ1v) is 7.37. The quantitative estimate of drug-likeness (QED) is 0.858. The minimum Gasteiger partial charge on any atom is -0.323 e. The number of aromatic amines is 1. The average molecular weight is 259 g/mol. The summed E-state index contributed by atoms with van der Waals surface area (Å²) in [7, 11) is 0. The molecule has 2 unspecified atom stereocenters. The largest absolute Gasteiger partial charge is 0.323 e. The van der Waals surface area contributed by atoms with Crippen molar-refractivity contribution in [2.75, 3.05) is 5.32 Å². The van der Waals surface area contributed by atoms with E-state index in [0.29, 0.717) is 5.41 Å². The Morgan fingerprint density at radius 1 is 1.37 bits per heavy atom. The zero-order chi connectivity index (χ0) is 13.1. The third kappa shape index (κ3) is 1.72. The van der Waals surface area contributed by atoms with Crippen LogP contribution in [0.25, 0.3) is 0 Å².